The predicted octanol–water partition coefficient (Wildman–Crippen LogP) is -0.636. The van der Waals surface area contributed by atoms with Crippen molar-refractivity contribution in [1.29, 1.82) is 0 Å². The Balaban J connectivity index is 3.31. The summed E-state index contributed by atoms with van der Waals surface area (Å²) in [6.07, 6.45) is 7.23. The van der Waals surface area contributed by atoms with Gasteiger partial charge in [0.05, 0.1) is 10.7 Å². The minimum absolute atomic E-state index is 0.700. The molecule has 0 fully saturated rings. The highest BCUT2D eigenvalue weighted by Crippen LogP contribution is 1.69. The molecule has 1 heterocycles. The Hall–Kier alpha value is -1.51. The van der Waals surface area contributed by atoms with Gasteiger partial charge in [-0.1, -0.05) is 18.7 Å². The van der Waals surface area contributed by atoms with Crippen molar-refractivity contribution < 1.29 is 0 Å². The van der Waals surface area contributed by atoms with Gasteiger partial charge in [0.1, 0.15) is 6.33 Å². The van der Waals surface area contributed by atoms with E-state index in [1.54, 1.807) is 0 Å². The van der Waals surface area contributed by atoms with Gasteiger partial charge in [0.15, 0.2) is 0 Å². The zero-order chi connectivity index (χ0) is 8.27. The molecule has 2 N–H and O–H groups in total. The zero-order valence-electron chi connectivity index (χ0n) is 6.49. The van der Waals surface area contributed by atoms with Gasteiger partial charge in [-0.15, -0.1) is 0 Å². The van der Waals surface area contributed by atoms with Gasteiger partial charge >= 0.3 is 0 Å². The van der Waals surface area contributed by atoms with Crippen LogP contribution in [0.15, 0.2) is 18.5 Å². The number of aromatic nitrogens is 2. The van der Waals surface area contributed by atoms with Gasteiger partial charge in [0, 0.05) is 0 Å². The van der Waals surface area contributed by atoms with Gasteiger partial charge in [-0.25, -0.2) is 9.66 Å². The summed E-state index contributed by atoms with van der Waals surface area (Å²) < 4.78 is 1.45. The summed E-state index contributed by atoms with van der Waals surface area (Å²) >= 11 is 0. The lowest BCUT2D eigenvalue weighted by Gasteiger charge is -1.86. The molecule has 58 valence electrons. The fourth-order valence-corrected chi connectivity index (χ4v) is 0.779. The monoisotopic (exact) mass is 149 g/mol. The van der Waals surface area contributed by atoms with Crippen LogP contribution in [0.1, 0.15) is 6.92 Å². The van der Waals surface area contributed by atoms with Crippen LogP contribution < -0.4 is 16.5 Å². The van der Waals surface area contributed by atoms with Gasteiger partial charge < -0.3 is 5.84 Å². The van der Waals surface area contributed by atoms with Crippen LogP contribution in [0, 0.1) is 0 Å². The van der Waals surface area contributed by atoms with Crippen molar-refractivity contribution >= 4 is 12.7 Å². The summed E-state index contributed by atoms with van der Waals surface area (Å²) in [4.78, 5) is 3.93. The van der Waals surface area contributed by atoms with E-state index in [9.17, 15) is 0 Å². The average Bonchev–Trinajstić information content (AvgIpc) is 2.29. The van der Waals surface area contributed by atoms with Gasteiger partial charge in [-0.3, -0.25) is 0 Å². The lowest BCUT2D eigenvalue weighted by molar-refractivity contribution is 0.963. The molecule has 0 unspecified atom stereocenters. The quantitative estimate of drug-likeness (QED) is 0.540. The molecule has 1 aromatic heterocycles. The highest BCUT2D eigenvalue weighted by molar-refractivity contribution is 5.34. The van der Waals surface area contributed by atoms with Crippen molar-refractivity contribution in [3.63, 3.8) is 0 Å². The van der Waals surface area contributed by atoms with Crippen molar-refractivity contribution in [3.05, 3.63) is 29.2 Å². The van der Waals surface area contributed by atoms with Crippen LogP contribution in [0.2, 0.25) is 0 Å². The number of allylic oxidation sites excluding steroid dienone is 2. The molecule has 0 aliphatic rings. The van der Waals surface area contributed by atoms with Crippen LogP contribution >= 0.6 is 0 Å². The second-order valence-corrected chi connectivity index (χ2v) is 2.18. The predicted molar refractivity (Wildman–Crippen MR) is 46.4 cm³/mol. The molecular formula is C8H11N3. The topological polar surface area (TPSA) is 43.8 Å². The molecule has 11 heavy (non-hydrogen) atoms. The molecule has 3 nitrogen and oxygen atoms in total. The van der Waals surface area contributed by atoms with Crippen molar-refractivity contribution in [3.8, 4) is 0 Å². The number of rotatable bonds is 1. The van der Waals surface area contributed by atoms with Crippen LogP contribution in [0.5, 0.6) is 0 Å². The van der Waals surface area contributed by atoms with Crippen molar-refractivity contribution in [2.75, 3.05) is 5.84 Å². The molecule has 0 aromatic carbocycles. The lowest BCUT2D eigenvalue weighted by Crippen LogP contribution is -2.32. The van der Waals surface area contributed by atoms with E-state index in [-0.39, 0.29) is 0 Å². The van der Waals surface area contributed by atoms with Crippen molar-refractivity contribution in [1.82, 2.24) is 9.66 Å². The van der Waals surface area contributed by atoms with Crippen molar-refractivity contribution in [2.45, 2.75) is 6.92 Å². The molecular weight excluding hydrogens is 138 g/mol. The minimum Gasteiger partial charge on any atom is -0.338 e. The standard InChI is InChI=1S/C8H11N3/c1-3-4-5-8-7(2)10-6-11(8)9/h3-6H,2,9H2,1H3/b4-3-,8-5+. The number of nitrogens with two attached hydrogens (primary N) is 1. The van der Waals surface area contributed by atoms with E-state index in [4.69, 9.17) is 5.84 Å². The third-order valence-corrected chi connectivity index (χ3v) is 1.36. The molecule has 0 atom stereocenters. The van der Waals surface area contributed by atoms with E-state index >= 15 is 0 Å². The van der Waals surface area contributed by atoms with E-state index in [0.717, 1.165) is 5.35 Å². The highest BCUT2D eigenvalue weighted by Gasteiger charge is 1.86. The smallest absolute Gasteiger partial charge is 0.115 e. The average molecular weight is 149 g/mol. The Labute approximate surface area is 65.1 Å². The first kappa shape index (κ1) is 7.60. The zero-order valence-corrected chi connectivity index (χ0v) is 6.49. The Kier molecular flexibility index (Phi) is 2.11. The number of hydrogen-bond acceptors (Lipinski definition) is 2. The molecule has 1 aromatic rings. The Morgan fingerprint density at radius 3 is 2.91 bits per heavy atom. The van der Waals surface area contributed by atoms with Crippen molar-refractivity contribution in [2.24, 2.45) is 0 Å². The minimum atomic E-state index is 0.700. The van der Waals surface area contributed by atoms with Crippen LogP contribution in [0.25, 0.3) is 12.7 Å². The molecule has 1 rings (SSSR count). The molecule has 3 heteroatoms. The third kappa shape index (κ3) is 1.49. The van der Waals surface area contributed by atoms with E-state index in [1.165, 1.54) is 11.0 Å². The number of hydrogen-bond donors (Lipinski definition) is 1. The van der Waals surface area contributed by atoms with Gasteiger partial charge in [-0.05, 0) is 13.0 Å². The molecule has 0 saturated carbocycles. The normalized spacial score (nSPS) is 13.0. The molecule has 0 aliphatic carbocycles. The summed E-state index contributed by atoms with van der Waals surface area (Å²) in [7, 11) is 0. The largest absolute Gasteiger partial charge is 0.338 e. The molecule has 0 saturated heterocycles. The van der Waals surface area contributed by atoms with E-state index in [2.05, 4.69) is 11.6 Å². The van der Waals surface area contributed by atoms with Crippen LogP contribution in [-0.2, 0) is 0 Å². The number of nitrogen functional groups attached to an aromatic ring is 1. The lowest BCUT2D eigenvalue weighted by atomic mass is 10.4. The summed E-state index contributed by atoms with van der Waals surface area (Å²) in [5, 5.41) is 1.54. The first-order chi connectivity index (χ1) is 5.25. The second-order valence-electron chi connectivity index (χ2n) is 2.18. The van der Waals surface area contributed by atoms with Gasteiger partial charge in [0.25, 0.3) is 0 Å². The van der Waals surface area contributed by atoms with E-state index < -0.39 is 0 Å². The SMILES string of the molecule is C=c1ncn(N)/c1=C/C=C\C. The maximum atomic E-state index is 5.53. The van der Waals surface area contributed by atoms with Crippen LogP contribution in [0.3, 0.4) is 0 Å². The highest BCUT2D eigenvalue weighted by atomic mass is 15.3. The van der Waals surface area contributed by atoms with E-state index in [1.807, 2.05) is 25.2 Å². The second kappa shape index (κ2) is 3.05. The Bertz CT molecular complexity index is 359. The maximum absolute atomic E-state index is 5.53. The van der Waals surface area contributed by atoms with Gasteiger partial charge in [-0.2, -0.15) is 0 Å². The summed E-state index contributed by atoms with van der Waals surface area (Å²) in [5.41, 5.74) is 0. The fraction of sp³-hybridized carbons (Fsp3) is 0.125. The summed E-state index contributed by atoms with van der Waals surface area (Å²) in [6, 6.07) is 0. The Morgan fingerprint density at radius 1 is 1.73 bits per heavy atom. The summed E-state index contributed by atoms with van der Waals surface area (Å²) in [5.74, 6) is 5.53. The maximum Gasteiger partial charge on any atom is 0.115 e. The molecule has 0 amide bonds. The molecule has 0 radical (unpaired) electrons. The Morgan fingerprint density at radius 2 is 2.45 bits per heavy atom. The number of nitrogens with zero attached hydrogens (tertiary/aromatic N) is 2. The van der Waals surface area contributed by atoms with Gasteiger partial charge in [0.2, 0.25) is 0 Å². The molecule has 0 spiro atoms. The summed E-state index contributed by atoms with van der Waals surface area (Å²) in [6.45, 7) is 5.66. The third-order valence-electron chi connectivity index (χ3n) is 1.36. The number of imidazole rings is 1. The van der Waals surface area contributed by atoms with Crippen LogP contribution in [-0.4, -0.2) is 9.66 Å². The first-order valence-corrected chi connectivity index (χ1v) is 3.36. The van der Waals surface area contributed by atoms with Crippen LogP contribution in [0.4, 0.5) is 0 Å². The molecule has 0 aliphatic heterocycles. The molecule has 0 bridgehead atoms. The first-order valence-electron chi connectivity index (χ1n) is 3.36. The van der Waals surface area contributed by atoms with E-state index in [0.29, 0.717) is 5.35 Å². The fourth-order valence-electron chi connectivity index (χ4n) is 0.779.